The van der Waals surface area contributed by atoms with Crippen LogP contribution in [-0.4, -0.2) is 13.2 Å². The van der Waals surface area contributed by atoms with E-state index in [1.54, 1.807) is 0 Å². The van der Waals surface area contributed by atoms with Crippen molar-refractivity contribution < 1.29 is 4.74 Å². The maximum Gasteiger partial charge on any atom is 0.0494 e. The fourth-order valence-electron chi connectivity index (χ4n) is 2.80. The minimum atomic E-state index is 0.873. The van der Waals surface area contributed by atoms with Gasteiger partial charge in [-0.05, 0) is 38.0 Å². The molecule has 0 aromatic carbocycles. The molecule has 0 amide bonds. The van der Waals surface area contributed by atoms with Crippen LogP contribution >= 0.6 is 0 Å². The number of ether oxygens (including phenoxy) is 1. The molecule has 0 aromatic rings. The molecular weight excluding hydrogens is 220 g/mol. The second-order valence-corrected chi connectivity index (χ2v) is 5.78. The van der Waals surface area contributed by atoms with Crippen LogP contribution in [0.25, 0.3) is 0 Å². The highest BCUT2D eigenvalue weighted by Gasteiger charge is 2.12. The van der Waals surface area contributed by atoms with Crippen LogP contribution in [0.2, 0.25) is 0 Å². The molecule has 0 heterocycles. The second kappa shape index (κ2) is 11.8. The zero-order chi connectivity index (χ0) is 12.9. The monoisotopic (exact) mass is 252 g/mol. The van der Waals surface area contributed by atoms with E-state index in [9.17, 15) is 0 Å². The van der Waals surface area contributed by atoms with Crippen molar-refractivity contribution in [3.8, 4) is 0 Å². The van der Waals surface area contributed by atoms with Crippen LogP contribution in [-0.2, 0) is 4.74 Å². The summed E-state index contributed by atoms with van der Waals surface area (Å²) in [7, 11) is 0. The third-order valence-electron chi connectivity index (χ3n) is 4.03. The molecule has 106 valence electrons. The lowest BCUT2D eigenvalue weighted by molar-refractivity contribution is 0.0824. The molecule has 0 aliphatic heterocycles. The van der Waals surface area contributed by atoms with Crippen molar-refractivity contribution in [3.63, 3.8) is 0 Å². The van der Waals surface area contributed by atoms with Crippen LogP contribution in [0, 0.1) is 5.92 Å². The Balaban J connectivity index is 1.74. The minimum Gasteiger partial charge on any atom is -0.381 e. The van der Waals surface area contributed by atoms with E-state index in [1.165, 1.54) is 77.0 Å². The molecule has 0 unspecified atom stereocenters. The van der Waals surface area contributed by atoms with Gasteiger partial charge in [-0.2, -0.15) is 0 Å². The van der Waals surface area contributed by atoms with Crippen molar-refractivity contribution >= 4 is 0 Å². The molecule has 1 heteroatoms. The van der Waals surface area contributed by atoms with Gasteiger partial charge in [0.05, 0.1) is 0 Å². The Bertz CT molecular complexity index is 182. The van der Waals surface area contributed by atoms with E-state index in [0.717, 1.165) is 19.1 Å². The lowest BCUT2D eigenvalue weighted by Crippen LogP contribution is -2.13. The van der Waals surface area contributed by atoms with Gasteiger partial charge >= 0.3 is 0 Å². The number of unbranched alkanes of at least 4 members (excludes halogenated alkanes) is 6. The fraction of sp³-hybridized carbons (Fsp3) is 0.882. The van der Waals surface area contributed by atoms with Gasteiger partial charge in [-0.25, -0.2) is 0 Å². The molecule has 0 saturated heterocycles. The van der Waals surface area contributed by atoms with E-state index in [0.29, 0.717) is 0 Å². The first-order chi connectivity index (χ1) is 8.93. The SMILES string of the molecule is C=CCCCCCCCCOCC1CCCCC1. The van der Waals surface area contributed by atoms with Crippen molar-refractivity contribution in [2.75, 3.05) is 13.2 Å². The maximum atomic E-state index is 5.80. The van der Waals surface area contributed by atoms with E-state index in [-0.39, 0.29) is 0 Å². The predicted molar refractivity (Wildman–Crippen MR) is 79.9 cm³/mol. The minimum absolute atomic E-state index is 0.873. The highest BCUT2D eigenvalue weighted by molar-refractivity contribution is 4.65. The summed E-state index contributed by atoms with van der Waals surface area (Å²) >= 11 is 0. The van der Waals surface area contributed by atoms with Crippen LogP contribution in [0.3, 0.4) is 0 Å². The summed E-state index contributed by atoms with van der Waals surface area (Å²) in [5.74, 6) is 0.873. The Morgan fingerprint density at radius 1 is 0.889 bits per heavy atom. The summed E-state index contributed by atoms with van der Waals surface area (Å²) in [6.07, 6.45) is 18.4. The summed E-state index contributed by atoms with van der Waals surface area (Å²) in [4.78, 5) is 0. The smallest absolute Gasteiger partial charge is 0.0494 e. The summed E-state index contributed by atoms with van der Waals surface area (Å²) in [6.45, 7) is 5.77. The Hall–Kier alpha value is -0.300. The lowest BCUT2D eigenvalue weighted by atomic mass is 9.90. The average molecular weight is 252 g/mol. The topological polar surface area (TPSA) is 9.23 Å². The molecule has 1 rings (SSSR count). The van der Waals surface area contributed by atoms with Gasteiger partial charge < -0.3 is 4.74 Å². The Kier molecular flexibility index (Phi) is 10.3. The third-order valence-corrected chi connectivity index (χ3v) is 4.03. The average Bonchev–Trinajstić information content (AvgIpc) is 2.42. The Labute approximate surface area is 114 Å². The molecule has 0 radical (unpaired) electrons. The van der Waals surface area contributed by atoms with Crippen molar-refractivity contribution in [1.29, 1.82) is 0 Å². The number of hydrogen-bond donors (Lipinski definition) is 0. The second-order valence-electron chi connectivity index (χ2n) is 5.78. The molecule has 1 nitrogen and oxygen atoms in total. The Morgan fingerprint density at radius 3 is 2.28 bits per heavy atom. The normalized spacial score (nSPS) is 16.9. The van der Waals surface area contributed by atoms with Crippen molar-refractivity contribution in [1.82, 2.24) is 0 Å². The highest BCUT2D eigenvalue weighted by atomic mass is 16.5. The summed E-state index contributed by atoms with van der Waals surface area (Å²) in [5.41, 5.74) is 0. The van der Waals surface area contributed by atoms with Gasteiger partial charge in [-0.3, -0.25) is 0 Å². The molecule has 1 fully saturated rings. The molecule has 0 bridgehead atoms. The van der Waals surface area contributed by atoms with Crippen LogP contribution in [0.1, 0.15) is 77.0 Å². The third kappa shape index (κ3) is 8.74. The van der Waals surface area contributed by atoms with E-state index < -0.39 is 0 Å². The van der Waals surface area contributed by atoms with Crippen LogP contribution in [0.15, 0.2) is 12.7 Å². The molecule has 0 aromatic heterocycles. The highest BCUT2D eigenvalue weighted by Crippen LogP contribution is 2.23. The molecule has 18 heavy (non-hydrogen) atoms. The van der Waals surface area contributed by atoms with E-state index in [2.05, 4.69) is 6.58 Å². The molecule has 0 atom stereocenters. The van der Waals surface area contributed by atoms with Gasteiger partial charge in [0.15, 0.2) is 0 Å². The van der Waals surface area contributed by atoms with Crippen molar-refractivity contribution in [3.05, 3.63) is 12.7 Å². The number of rotatable bonds is 11. The zero-order valence-electron chi connectivity index (χ0n) is 12.2. The standard InChI is InChI=1S/C17H32O/c1-2-3-4-5-6-7-8-12-15-18-16-17-13-10-9-11-14-17/h2,17H,1,3-16H2. The van der Waals surface area contributed by atoms with Crippen molar-refractivity contribution in [2.45, 2.75) is 77.0 Å². The van der Waals surface area contributed by atoms with Crippen LogP contribution < -0.4 is 0 Å². The molecule has 1 saturated carbocycles. The summed E-state index contributed by atoms with van der Waals surface area (Å²) in [6, 6.07) is 0. The summed E-state index contributed by atoms with van der Waals surface area (Å²) < 4.78 is 5.80. The van der Waals surface area contributed by atoms with Crippen molar-refractivity contribution in [2.24, 2.45) is 5.92 Å². The molecule has 1 aliphatic carbocycles. The van der Waals surface area contributed by atoms with E-state index in [4.69, 9.17) is 4.74 Å². The largest absolute Gasteiger partial charge is 0.381 e. The fourth-order valence-corrected chi connectivity index (χ4v) is 2.80. The van der Waals surface area contributed by atoms with Gasteiger partial charge in [0.25, 0.3) is 0 Å². The van der Waals surface area contributed by atoms with E-state index in [1.807, 2.05) is 6.08 Å². The quantitative estimate of drug-likeness (QED) is 0.348. The van der Waals surface area contributed by atoms with Gasteiger partial charge in [-0.15, -0.1) is 6.58 Å². The summed E-state index contributed by atoms with van der Waals surface area (Å²) in [5, 5.41) is 0. The van der Waals surface area contributed by atoms with Gasteiger partial charge in [0.1, 0.15) is 0 Å². The number of allylic oxidation sites excluding steroid dienone is 1. The van der Waals surface area contributed by atoms with Gasteiger partial charge in [0.2, 0.25) is 0 Å². The first kappa shape index (κ1) is 15.8. The number of hydrogen-bond acceptors (Lipinski definition) is 1. The first-order valence-electron chi connectivity index (χ1n) is 8.12. The van der Waals surface area contributed by atoms with Gasteiger partial charge in [-0.1, -0.05) is 51.0 Å². The predicted octanol–water partition coefficient (Wildman–Crippen LogP) is 5.50. The molecule has 1 aliphatic rings. The Morgan fingerprint density at radius 2 is 1.56 bits per heavy atom. The van der Waals surface area contributed by atoms with Crippen LogP contribution in [0.5, 0.6) is 0 Å². The van der Waals surface area contributed by atoms with Crippen LogP contribution in [0.4, 0.5) is 0 Å². The molecule has 0 spiro atoms. The zero-order valence-corrected chi connectivity index (χ0v) is 12.2. The maximum absolute atomic E-state index is 5.80. The molecule has 0 N–H and O–H groups in total. The lowest BCUT2D eigenvalue weighted by Gasteiger charge is -2.21. The molecular formula is C17H32O. The van der Waals surface area contributed by atoms with Gasteiger partial charge in [0, 0.05) is 13.2 Å². The first-order valence-corrected chi connectivity index (χ1v) is 8.12. The van der Waals surface area contributed by atoms with E-state index >= 15 is 0 Å².